The minimum absolute atomic E-state index is 0.732. The maximum atomic E-state index is 5.33. The maximum Gasteiger partial charge on any atom is 0.208 e. The Kier molecular flexibility index (Phi) is 2.92. The van der Waals surface area contributed by atoms with Gasteiger partial charge in [0.05, 0.1) is 0 Å². The third-order valence-corrected chi connectivity index (χ3v) is 2.63. The minimum atomic E-state index is 0.732. The van der Waals surface area contributed by atoms with E-state index < -0.39 is 0 Å². The van der Waals surface area contributed by atoms with Gasteiger partial charge in [-0.05, 0) is 11.8 Å². The average molecular weight is 170 g/mol. The van der Waals surface area contributed by atoms with Crippen LogP contribution >= 0.6 is 0 Å². The molecule has 0 amide bonds. The van der Waals surface area contributed by atoms with Gasteiger partial charge in [0, 0.05) is 20.1 Å². The summed E-state index contributed by atoms with van der Waals surface area (Å²) in [4.78, 5) is 6.25. The molecule has 4 nitrogen and oxygen atoms in total. The summed E-state index contributed by atoms with van der Waals surface area (Å²) < 4.78 is 0. The van der Waals surface area contributed by atoms with Gasteiger partial charge >= 0.3 is 0 Å². The molecule has 0 aliphatic carbocycles. The van der Waals surface area contributed by atoms with E-state index in [0.29, 0.717) is 0 Å². The van der Waals surface area contributed by atoms with E-state index in [2.05, 4.69) is 29.2 Å². The van der Waals surface area contributed by atoms with Crippen LogP contribution in [0.15, 0.2) is 4.99 Å². The summed E-state index contributed by atoms with van der Waals surface area (Å²) in [6, 6.07) is 0. The lowest BCUT2D eigenvalue weighted by molar-refractivity contribution is 0.473. The van der Waals surface area contributed by atoms with Crippen molar-refractivity contribution in [2.45, 2.75) is 13.8 Å². The SMILES string of the molecule is CN=C(NN)N1CC(C)C(C)C1. The Morgan fingerprint density at radius 3 is 2.25 bits per heavy atom. The van der Waals surface area contributed by atoms with E-state index in [9.17, 15) is 0 Å². The highest BCUT2D eigenvalue weighted by Gasteiger charge is 2.27. The molecule has 0 spiro atoms. The number of hydrogen-bond acceptors (Lipinski definition) is 2. The first kappa shape index (κ1) is 9.32. The minimum Gasteiger partial charge on any atom is -0.341 e. The molecular weight excluding hydrogens is 152 g/mol. The largest absolute Gasteiger partial charge is 0.341 e. The second-order valence-electron chi connectivity index (χ2n) is 3.55. The van der Waals surface area contributed by atoms with Crippen molar-refractivity contribution in [2.24, 2.45) is 22.7 Å². The zero-order valence-corrected chi connectivity index (χ0v) is 8.04. The molecule has 0 bridgehead atoms. The summed E-state index contributed by atoms with van der Waals surface area (Å²) in [7, 11) is 1.75. The van der Waals surface area contributed by atoms with E-state index in [0.717, 1.165) is 30.9 Å². The zero-order valence-electron chi connectivity index (χ0n) is 8.04. The molecule has 12 heavy (non-hydrogen) atoms. The summed E-state index contributed by atoms with van der Waals surface area (Å²) in [6.07, 6.45) is 0. The first-order valence-corrected chi connectivity index (χ1v) is 4.37. The fourth-order valence-corrected chi connectivity index (χ4v) is 1.60. The van der Waals surface area contributed by atoms with Crippen LogP contribution in [0.5, 0.6) is 0 Å². The van der Waals surface area contributed by atoms with Gasteiger partial charge in [-0.1, -0.05) is 13.8 Å². The van der Waals surface area contributed by atoms with E-state index in [-0.39, 0.29) is 0 Å². The number of rotatable bonds is 0. The molecule has 0 radical (unpaired) electrons. The highest BCUT2D eigenvalue weighted by atomic mass is 15.4. The second kappa shape index (κ2) is 3.76. The van der Waals surface area contributed by atoms with Crippen LogP contribution in [-0.4, -0.2) is 31.0 Å². The average Bonchev–Trinajstić information content (AvgIpc) is 2.35. The predicted octanol–water partition coefficient (Wildman–Crippen LogP) is 0.0233. The van der Waals surface area contributed by atoms with E-state index in [4.69, 9.17) is 5.84 Å². The number of hydrogen-bond donors (Lipinski definition) is 2. The zero-order chi connectivity index (χ0) is 9.14. The van der Waals surface area contributed by atoms with Crippen molar-refractivity contribution in [1.82, 2.24) is 10.3 Å². The molecule has 0 aromatic heterocycles. The van der Waals surface area contributed by atoms with Gasteiger partial charge < -0.3 is 4.90 Å². The normalized spacial score (nSPS) is 31.0. The molecule has 3 N–H and O–H groups in total. The van der Waals surface area contributed by atoms with E-state index in [1.807, 2.05) is 0 Å². The van der Waals surface area contributed by atoms with Crippen LogP contribution in [0.4, 0.5) is 0 Å². The second-order valence-corrected chi connectivity index (χ2v) is 3.55. The van der Waals surface area contributed by atoms with E-state index in [1.165, 1.54) is 0 Å². The molecule has 0 saturated carbocycles. The van der Waals surface area contributed by atoms with Crippen LogP contribution in [0.3, 0.4) is 0 Å². The van der Waals surface area contributed by atoms with Gasteiger partial charge in [0.25, 0.3) is 0 Å². The van der Waals surface area contributed by atoms with Crippen LogP contribution in [0.25, 0.3) is 0 Å². The number of aliphatic imine (C=N–C) groups is 1. The quantitative estimate of drug-likeness (QED) is 0.233. The Balaban J connectivity index is 2.56. The number of nitrogens with two attached hydrogens (primary N) is 1. The van der Waals surface area contributed by atoms with Gasteiger partial charge in [-0.3, -0.25) is 10.4 Å². The van der Waals surface area contributed by atoms with Crippen molar-refractivity contribution in [2.75, 3.05) is 20.1 Å². The summed E-state index contributed by atoms with van der Waals surface area (Å²) in [5, 5.41) is 0. The highest BCUT2D eigenvalue weighted by Crippen LogP contribution is 2.21. The third kappa shape index (κ3) is 1.69. The van der Waals surface area contributed by atoms with Crippen LogP contribution in [0.1, 0.15) is 13.8 Å². The van der Waals surface area contributed by atoms with Crippen molar-refractivity contribution >= 4 is 5.96 Å². The summed E-state index contributed by atoms with van der Waals surface area (Å²) in [6.45, 7) is 6.62. The van der Waals surface area contributed by atoms with Crippen molar-refractivity contribution in [3.05, 3.63) is 0 Å². The Morgan fingerprint density at radius 1 is 1.42 bits per heavy atom. The van der Waals surface area contributed by atoms with Crippen LogP contribution < -0.4 is 11.3 Å². The standard InChI is InChI=1S/C8H18N4/c1-6-4-12(5-7(6)2)8(10-3)11-9/h6-7H,4-5,9H2,1-3H3,(H,10,11). The number of nitrogens with zero attached hydrogens (tertiary/aromatic N) is 2. The van der Waals surface area contributed by atoms with E-state index in [1.54, 1.807) is 7.05 Å². The lowest BCUT2D eigenvalue weighted by atomic mass is 10.0. The Labute approximate surface area is 73.8 Å². The Hall–Kier alpha value is -0.770. The highest BCUT2D eigenvalue weighted by molar-refractivity contribution is 5.79. The lowest BCUT2D eigenvalue weighted by Crippen LogP contribution is -2.43. The van der Waals surface area contributed by atoms with Gasteiger partial charge in [-0.25, -0.2) is 5.84 Å². The molecule has 0 aromatic carbocycles. The molecule has 2 atom stereocenters. The first-order chi connectivity index (χ1) is 5.69. The topological polar surface area (TPSA) is 53.6 Å². The van der Waals surface area contributed by atoms with E-state index >= 15 is 0 Å². The monoisotopic (exact) mass is 170 g/mol. The van der Waals surface area contributed by atoms with Gasteiger partial charge in [-0.2, -0.15) is 0 Å². The lowest BCUT2D eigenvalue weighted by Gasteiger charge is -2.18. The molecule has 1 heterocycles. The van der Waals surface area contributed by atoms with Crippen LogP contribution in [-0.2, 0) is 0 Å². The van der Waals surface area contributed by atoms with Crippen molar-refractivity contribution in [3.8, 4) is 0 Å². The molecule has 0 aromatic rings. The fraction of sp³-hybridized carbons (Fsp3) is 0.875. The van der Waals surface area contributed by atoms with Crippen molar-refractivity contribution in [1.29, 1.82) is 0 Å². The molecule has 4 heteroatoms. The molecule has 2 unspecified atom stereocenters. The third-order valence-electron chi connectivity index (χ3n) is 2.63. The number of guanidine groups is 1. The maximum absolute atomic E-state index is 5.33. The molecule has 1 rings (SSSR count). The van der Waals surface area contributed by atoms with Crippen molar-refractivity contribution in [3.63, 3.8) is 0 Å². The number of likely N-dealkylation sites (tertiary alicyclic amines) is 1. The Bertz CT molecular complexity index is 168. The summed E-state index contributed by atoms with van der Waals surface area (Å²) in [5.74, 6) is 7.59. The molecule has 1 aliphatic rings. The molecule has 70 valence electrons. The van der Waals surface area contributed by atoms with Crippen molar-refractivity contribution < 1.29 is 0 Å². The predicted molar refractivity (Wildman–Crippen MR) is 50.6 cm³/mol. The summed E-state index contributed by atoms with van der Waals surface area (Å²) in [5.41, 5.74) is 2.61. The smallest absolute Gasteiger partial charge is 0.208 e. The number of nitrogens with one attached hydrogen (secondary N) is 1. The molecule has 1 saturated heterocycles. The Morgan fingerprint density at radius 2 is 1.92 bits per heavy atom. The first-order valence-electron chi connectivity index (χ1n) is 4.37. The molecule has 1 fully saturated rings. The summed E-state index contributed by atoms with van der Waals surface area (Å²) >= 11 is 0. The van der Waals surface area contributed by atoms with Gasteiger partial charge in [-0.15, -0.1) is 0 Å². The van der Waals surface area contributed by atoms with Gasteiger partial charge in [0.1, 0.15) is 0 Å². The number of hydrazine groups is 1. The van der Waals surface area contributed by atoms with Gasteiger partial charge in [0.2, 0.25) is 5.96 Å². The van der Waals surface area contributed by atoms with Gasteiger partial charge in [0.15, 0.2) is 0 Å². The van der Waals surface area contributed by atoms with Crippen LogP contribution in [0.2, 0.25) is 0 Å². The fourth-order valence-electron chi connectivity index (χ4n) is 1.60. The molecular formula is C8H18N4. The molecule has 1 aliphatic heterocycles. The van der Waals surface area contributed by atoms with Crippen LogP contribution in [0, 0.1) is 11.8 Å².